The molecule has 0 spiro atoms. The van der Waals surface area contributed by atoms with Gasteiger partial charge in [0.1, 0.15) is 4.90 Å². The fraction of sp³-hybridized carbons (Fsp3) is 0.0476. The predicted molar refractivity (Wildman–Crippen MR) is 109 cm³/mol. The van der Waals surface area contributed by atoms with Gasteiger partial charge in [0.25, 0.3) is 10.1 Å². The van der Waals surface area contributed by atoms with Crippen LogP contribution in [0.15, 0.2) is 59.5 Å². The Bertz CT molecular complexity index is 1400. The van der Waals surface area contributed by atoms with Crippen molar-refractivity contribution in [2.24, 2.45) is 0 Å². The van der Waals surface area contributed by atoms with Crippen LogP contribution in [0.3, 0.4) is 0 Å². The Morgan fingerprint density at radius 3 is 1.91 bits per heavy atom. The van der Waals surface area contributed by atoms with Gasteiger partial charge >= 0.3 is 6.18 Å². The van der Waals surface area contributed by atoms with Gasteiger partial charge in [-0.2, -0.15) is 21.6 Å². The minimum Gasteiger partial charge on any atom is -0.397 e. The van der Waals surface area contributed by atoms with E-state index in [1.54, 1.807) is 0 Å². The van der Waals surface area contributed by atoms with Crippen LogP contribution in [-0.2, 0) is 16.3 Å². The number of carbonyl (C=O) groups excluding carboxylic acids is 2. The van der Waals surface area contributed by atoms with E-state index in [-0.39, 0.29) is 28.1 Å². The molecule has 32 heavy (non-hydrogen) atoms. The van der Waals surface area contributed by atoms with E-state index in [0.29, 0.717) is 0 Å². The first-order valence-corrected chi connectivity index (χ1v) is 10.4. The smallest absolute Gasteiger partial charge is 0.397 e. The van der Waals surface area contributed by atoms with Crippen molar-refractivity contribution in [1.82, 2.24) is 0 Å². The first-order valence-electron chi connectivity index (χ1n) is 8.96. The molecule has 4 rings (SSSR count). The van der Waals surface area contributed by atoms with Gasteiger partial charge in [0.2, 0.25) is 0 Å². The lowest BCUT2D eigenvalue weighted by molar-refractivity contribution is -0.137. The third kappa shape index (κ3) is 3.51. The van der Waals surface area contributed by atoms with Crippen LogP contribution in [0.4, 0.5) is 30.2 Å². The molecule has 0 heterocycles. The summed E-state index contributed by atoms with van der Waals surface area (Å²) in [5.41, 5.74) is 3.60. The van der Waals surface area contributed by atoms with Crippen molar-refractivity contribution in [2.75, 3.05) is 11.1 Å². The van der Waals surface area contributed by atoms with Crippen molar-refractivity contribution >= 4 is 38.7 Å². The number of halogens is 3. The lowest BCUT2D eigenvalue weighted by atomic mass is 9.82. The summed E-state index contributed by atoms with van der Waals surface area (Å²) >= 11 is 0. The Morgan fingerprint density at radius 1 is 0.875 bits per heavy atom. The molecule has 0 radical (unpaired) electrons. The van der Waals surface area contributed by atoms with Crippen LogP contribution < -0.4 is 11.1 Å². The number of hydrogen-bond donors (Lipinski definition) is 3. The lowest BCUT2D eigenvalue weighted by Crippen LogP contribution is -2.25. The molecule has 1 aliphatic carbocycles. The summed E-state index contributed by atoms with van der Waals surface area (Å²) in [6.45, 7) is 0. The largest absolute Gasteiger partial charge is 0.416 e. The minimum absolute atomic E-state index is 0.00432. The second-order valence-electron chi connectivity index (χ2n) is 6.96. The number of nitrogens with two attached hydrogens (primary N) is 1. The van der Waals surface area contributed by atoms with Crippen LogP contribution in [0.2, 0.25) is 0 Å². The highest BCUT2D eigenvalue weighted by Crippen LogP contribution is 2.40. The van der Waals surface area contributed by atoms with Crippen molar-refractivity contribution in [3.63, 3.8) is 0 Å². The number of benzene rings is 3. The van der Waals surface area contributed by atoms with E-state index in [1.807, 2.05) is 0 Å². The third-order valence-electron chi connectivity index (χ3n) is 4.97. The summed E-state index contributed by atoms with van der Waals surface area (Å²) in [4.78, 5) is 25.4. The fourth-order valence-electron chi connectivity index (χ4n) is 3.50. The number of ketones is 2. The van der Waals surface area contributed by atoms with Gasteiger partial charge in [0.15, 0.2) is 11.6 Å². The zero-order valence-corrected chi connectivity index (χ0v) is 16.7. The quantitative estimate of drug-likeness (QED) is 0.310. The zero-order chi connectivity index (χ0) is 23.4. The average molecular weight is 462 g/mol. The van der Waals surface area contributed by atoms with E-state index in [2.05, 4.69) is 5.32 Å². The molecule has 0 unspecified atom stereocenters. The summed E-state index contributed by atoms with van der Waals surface area (Å²) < 4.78 is 71.8. The van der Waals surface area contributed by atoms with Crippen molar-refractivity contribution in [3.05, 3.63) is 82.4 Å². The van der Waals surface area contributed by atoms with Gasteiger partial charge in [-0.15, -0.1) is 0 Å². The Kier molecular flexibility index (Phi) is 4.83. The number of carbonyl (C=O) groups is 2. The second-order valence-corrected chi connectivity index (χ2v) is 8.35. The number of fused-ring (bicyclic) bond motifs is 2. The van der Waals surface area contributed by atoms with Crippen LogP contribution in [0, 0.1) is 0 Å². The number of rotatable bonds is 3. The summed E-state index contributed by atoms with van der Waals surface area (Å²) in [5.74, 6) is -1.37. The molecule has 0 aliphatic heterocycles. The van der Waals surface area contributed by atoms with E-state index in [9.17, 15) is 35.7 Å². The van der Waals surface area contributed by atoms with Gasteiger partial charge in [0, 0.05) is 16.8 Å². The van der Waals surface area contributed by atoms with Crippen LogP contribution >= 0.6 is 0 Å². The fourth-order valence-corrected chi connectivity index (χ4v) is 4.15. The van der Waals surface area contributed by atoms with Gasteiger partial charge in [0.05, 0.1) is 28.1 Å². The monoisotopic (exact) mass is 462 g/mol. The zero-order valence-electron chi connectivity index (χ0n) is 15.9. The first-order chi connectivity index (χ1) is 14.9. The molecule has 4 N–H and O–H groups in total. The van der Waals surface area contributed by atoms with Crippen molar-refractivity contribution < 1.29 is 35.7 Å². The van der Waals surface area contributed by atoms with Crippen molar-refractivity contribution in [2.45, 2.75) is 11.1 Å². The van der Waals surface area contributed by atoms with Crippen LogP contribution in [0.25, 0.3) is 0 Å². The predicted octanol–water partition coefficient (Wildman–Crippen LogP) is 4.05. The van der Waals surface area contributed by atoms with E-state index >= 15 is 0 Å². The number of alkyl halides is 3. The SMILES string of the molecule is Nc1c(S(=O)(=O)O)cc(Nc2ccc(C(F)(F)F)cc2)c2c1C(=O)c1ccccc1C2=O. The average Bonchev–Trinajstić information content (AvgIpc) is 2.72. The number of nitrogens with one attached hydrogen (secondary N) is 1. The highest BCUT2D eigenvalue weighted by atomic mass is 32.2. The number of anilines is 3. The molecule has 7 nitrogen and oxygen atoms in total. The molecule has 0 fully saturated rings. The molecule has 0 bridgehead atoms. The first kappa shape index (κ1) is 21.5. The molecule has 0 amide bonds. The van der Waals surface area contributed by atoms with E-state index in [0.717, 1.165) is 30.3 Å². The molecule has 0 atom stereocenters. The van der Waals surface area contributed by atoms with Crippen LogP contribution in [0.5, 0.6) is 0 Å². The van der Waals surface area contributed by atoms with E-state index in [1.165, 1.54) is 24.3 Å². The molecule has 11 heteroatoms. The molecule has 0 saturated heterocycles. The third-order valence-corrected chi connectivity index (χ3v) is 5.86. The molecular formula is C21H13F3N2O5S. The van der Waals surface area contributed by atoms with Crippen LogP contribution in [0.1, 0.15) is 37.4 Å². The highest BCUT2D eigenvalue weighted by molar-refractivity contribution is 7.86. The summed E-state index contributed by atoms with van der Waals surface area (Å²) in [5, 5.41) is 2.66. The standard InChI is InChI=1S/C21H13F3N2O5S/c22-21(23,24)10-5-7-11(8-6-10)26-14-9-15(32(29,30)31)18(25)17-16(14)19(27)12-3-1-2-4-13(12)20(17)28/h1-9,26H,25H2,(H,29,30,31). The summed E-state index contributed by atoms with van der Waals surface area (Å²) in [6.07, 6.45) is -4.57. The van der Waals surface area contributed by atoms with Gasteiger partial charge in [-0.3, -0.25) is 14.1 Å². The van der Waals surface area contributed by atoms with Crippen molar-refractivity contribution in [1.29, 1.82) is 0 Å². The maximum Gasteiger partial charge on any atom is 0.416 e. The maximum atomic E-state index is 13.2. The Morgan fingerprint density at radius 2 is 1.41 bits per heavy atom. The Balaban J connectivity index is 1.93. The molecular weight excluding hydrogens is 449 g/mol. The number of hydrogen-bond acceptors (Lipinski definition) is 6. The van der Waals surface area contributed by atoms with Crippen LogP contribution in [-0.4, -0.2) is 24.5 Å². The molecule has 0 saturated carbocycles. The lowest BCUT2D eigenvalue weighted by Gasteiger charge is -2.23. The van der Waals surface area contributed by atoms with Gasteiger partial charge in [-0.05, 0) is 30.3 Å². The molecule has 3 aromatic rings. The highest BCUT2D eigenvalue weighted by Gasteiger charge is 2.36. The summed E-state index contributed by atoms with van der Waals surface area (Å²) in [7, 11) is -4.90. The summed E-state index contributed by atoms with van der Waals surface area (Å²) in [6, 6.07) is 10.4. The Labute approximate surface area is 179 Å². The second kappa shape index (κ2) is 7.18. The van der Waals surface area contributed by atoms with E-state index in [4.69, 9.17) is 5.73 Å². The molecule has 1 aliphatic rings. The topological polar surface area (TPSA) is 127 Å². The molecule has 3 aromatic carbocycles. The normalized spacial score (nSPS) is 13.5. The van der Waals surface area contributed by atoms with Gasteiger partial charge in [-0.1, -0.05) is 24.3 Å². The van der Waals surface area contributed by atoms with Crippen molar-refractivity contribution in [3.8, 4) is 0 Å². The number of nitrogen functional groups attached to an aromatic ring is 1. The van der Waals surface area contributed by atoms with Gasteiger partial charge in [-0.25, -0.2) is 0 Å². The Hall–Kier alpha value is -3.70. The van der Waals surface area contributed by atoms with Gasteiger partial charge < -0.3 is 11.1 Å². The minimum atomic E-state index is -4.90. The molecule has 164 valence electrons. The maximum absolute atomic E-state index is 13.2. The van der Waals surface area contributed by atoms with E-state index < -0.39 is 49.6 Å². The molecule has 0 aromatic heterocycles.